The highest BCUT2D eigenvalue weighted by atomic mass is 16.6. The van der Waals surface area contributed by atoms with Crippen molar-refractivity contribution in [3.8, 4) is 0 Å². The molecular formula is C22H20N4O. The minimum Gasteiger partial charge on any atom is -0.383 e. The van der Waals surface area contributed by atoms with Crippen LogP contribution in [-0.4, -0.2) is 17.6 Å². The first kappa shape index (κ1) is 18.1. The van der Waals surface area contributed by atoms with Gasteiger partial charge in [0.05, 0.1) is 0 Å². The molecule has 0 aliphatic rings. The minimum absolute atomic E-state index is 0.0614. The molecule has 5 nitrogen and oxygen atoms in total. The van der Waals surface area contributed by atoms with E-state index in [0.29, 0.717) is 17.2 Å². The van der Waals surface area contributed by atoms with Gasteiger partial charge in [-0.05, 0) is 19.1 Å². The fourth-order valence-electron chi connectivity index (χ4n) is 2.36. The van der Waals surface area contributed by atoms with Gasteiger partial charge in [0, 0.05) is 16.7 Å². The molecule has 0 bridgehead atoms. The summed E-state index contributed by atoms with van der Waals surface area (Å²) in [6, 6.07) is 26.3. The van der Waals surface area contributed by atoms with Crippen LogP contribution in [0.3, 0.4) is 0 Å². The van der Waals surface area contributed by atoms with Crippen molar-refractivity contribution in [2.24, 2.45) is 15.9 Å². The van der Waals surface area contributed by atoms with Gasteiger partial charge in [-0.25, -0.2) is 4.99 Å². The Hall–Kier alpha value is -3.73. The highest BCUT2D eigenvalue weighted by molar-refractivity contribution is 6.11. The van der Waals surface area contributed by atoms with Gasteiger partial charge in [-0.3, -0.25) is 5.41 Å². The topological polar surface area (TPSA) is 83.8 Å². The third kappa shape index (κ3) is 4.89. The predicted molar refractivity (Wildman–Crippen MR) is 109 cm³/mol. The lowest BCUT2D eigenvalue weighted by atomic mass is 10.1. The van der Waals surface area contributed by atoms with E-state index in [2.05, 4.69) is 10.1 Å². The van der Waals surface area contributed by atoms with Crippen LogP contribution in [0.1, 0.15) is 22.3 Å². The van der Waals surface area contributed by atoms with Crippen LogP contribution in [0.4, 0.5) is 0 Å². The van der Waals surface area contributed by atoms with Gasteiger partial charge in [0.25, 0.3) is 0 Å². The zero-order valence-electron chi connectivity index (χ0n) is 15.0. The quantitative estimate of drug-likeness (QED) is 0.419. The van der Waals surface area contributed by atoms with Crippen LogP contribution in [0.5, 0.6) is 0 Å². The summed E-state index contributed by atoms with van der Waals surface area (Å²) in [7, 11) is 0. The molecule has 0 heterocycles. The average molecular weight is 356 g/mol. The third-order valence-corrected chi connectivity index (χ3v) is 3.87. The van der Waals surface area contributed by atoms with Gasteiger partial charge in [0.2, 0.25) is 11.7 Å². The van der Waals surface area contributed by atoms with Crippen molar-refractivity contribution in [3.05, 3.63) is 107 Å². The number of aliphatic imine (C=N–C) groups is 1. The Morgan fingerprint density at radius 2 is 1.33 bits per heavy atom. The van der Waals surface area contributed by atoms with E-state index in [1.165, 1.54) is 0 Å². The summed E-state index contributed by atoms with van der Waals surface area (Å²) >= 11 is 0. The Morgan fingerprint density at radius 1 is 0.778 bits per heavy atom. The number of oxime groups is 1. The molecule has 134 valence electrons. The van der Waals surface area contributed by atoms with Gasteiger partial charge in [0.15, 0.2) is 0 Å². The summed E-state index contributed by atoms with van der Waals surface area (Å²) in [6.07, 6.45) is 0. The molecule has 0 unspecified atom stereocenters. The molecule has 27 heavy (non-hydrogen) atoms. The van der Waals surface area contributed by atoms with Crippen LogP contribution in [0.15, 0.2) is 95.1 Å². The molecule has 0 amide bonds. The van der Waals surface area contributed by atoms with Gasteiger partial charge in [-0.15, -0.1) is 0 Å². The number of nitrogens with zero attached hydrogens (tertiary/aromatic N) is 2. The molecule has 0 aliphatic heterocycles. The molecule has 0 spiro atoms. The van der Waals surface area contributed by atoms with Crippen LogP contribution in [-0.2, 0) is 4.84 Å². The standard InChI is InChI=1S/C22H20N4O/c1-16-12-14-19(15-13-16)22(25-20(23)17-8-4-2-5-9-17)26-27-21(24)18-10-6-3-7-11-18/h2-15,24H,1H3,(H2,23,25,26). The molecule has 0 saturated heterocycles. The molecule has 3 N–H and O–H groups in total. The monoisotopic (exact) mass is 356 g/mol. The molecular weight excluding hydrogens is 336 g/mol. The van der Waals surface area contributed by atoms with Crippen molar-refractivity contribution in [1.29, 1.82) is 5.41 Å². The third-order valence-electron chi connectivity index (χ3n) is 3.87. The first-order valence-electron chi connectivity index (χ1n) is 8.49. The zero-order chi connectivity index (χ0) is 19.1. The molecule has 0 atom stereocenters. The lowest BCUT2D eigenvalue weighted by Gasteiger charge is -2.06. The lowest BCUT2D eigenvalue weighted by Crippen LogP contribution is -2.16. The molecule has 0 radical (unpaired) electrons. The van der Waals surface area contributed by atoms with Gasteiger partial charge in [-0.1, -0.05) is 83.5 Å². The van der Waals surface area contributed by atoms with Crippen molar-refractivity contribution in [2.75, 3.05) is 0 Å². The summed E-state index contributed by atoms with van der Waals surface area (Å²) in [5, 5.41) is 12.1. The van der Waals surface area contributed by atoms with E-state index in [-0.39, 0.29) is 5.90 Å². The van der Waals surface area contributed by atoms with Crippen LogP contribution < -0.4 is 5.73 Å². The summed E-state index contributed by atoms with van der Waals surface area (Å²) in [4.78, 5) is 9.76. The Kier molecular flexibility index (Phi) is 5.74. The fourth-order valence-corrected chi connectivity index (χ4v) is 2.36. The maximum atomic E-state index is 8.06. The highest BCUT2D eigenvalue weighted by Crippen LogP contribution is 2.09. The number of benzene rings is 3. The van der Waals surface area contributed by atoms with Crippen molar-refractivity contribution in [2.45, 2.75) is 6.92 Å². The van der Waals surface area contributed by atoms with Gasteiger partial charge < -0.3 is 10.6 Å². The smallest absolute Gasteiger partial charge is 0.248 e. The number of hydrogen-bond donors (Lipinski definition) is 2. The normalized spacial score (nSPS) is 11.9. The Morgan fingerprint density at radius 3 is 1.93 bits per heavy atom. The van der Waals surface area contributed by atoms with Gasteiger partial charge in [-0.2, -0.15) is 0 Å². The molecule has 0 saturated carbocycles. The van der Waals surface area contributed by atoms with Crippen molar-refractivity contribution in [1.82, 2.24) is 0 Å². The summed E-state index contributed by atoms with van der Waals surface area (Å²) in [5.41, 5.74) is 9.43. The van der Waals surface area contributed by atoms with Gasteiger partial charge in [0.1, 0.15) is 5.84 Å². The van der Waals surface area contributed by atoms with Crippen LogP contribution in [0.2, 0.25) is 0 Å². The van der Waals surface area contributed by atoms with E-state index in [0.717, 1.165) is 16.7 Å². The summed E-state index contributed by atoms with van der Waals surface area (Å²) in [5.74, 6) is 0.565. The largest absolute Gasteiger partial charge is 0.383 e. The second-order valence-corrected chi connectivity index (χ2v) is 5.93. The zero-order valence-corrected chi connectivity index (χ0v) is 15.0. The summed E-state index contributed by atoms with van der Waals surface area (Å²) < 4.78 is 0. The molecule has 0 aromatic heterocycles. The minimum atomic E-state index is -0.0614. The Balaban J connectivity index is 1.92. The van der Waals surface area contributed by atoms with E-state index in [1.807, 2.05) is 79.7 Å². The predicted octanol–water partition coefficient (Wildman–Crippen LogP) is 4.10. The van der Waals surface area contributed by atoms with Crippen molar-refractivity contribution < 1.29 is 4.84 Å². The van der Waals surface area contributed by atoms with E-state index in [9.17, 15) is 0 Å². The Labute approximate surface area is 158 Å². The second kappa shape index (κ2) is 8.58. The maximum absolute atomic E-state index is 8.06. The summed E-state index contributed by atoms with van der Waals surface area (Å²) in [6.45, 7) is 2.00. The van der Waals surface area contributed by atoms with Crippen LogP contribution in [0, 0.1) is 12.3 Å². The maximum Gasteiger partial charge on any atom is 0.248 e. The Bertz CT molecular complexity index is 962. The van der Waals surface area contributed by atoms with Gasteiger partial charge >= 0.3 is 0 Å². The number of aryl methyl sites for hydroxylation is 1. The first-order valence-corrected chi connectivity index (χ1v) is 8.49. The number of nitrogens with two attached hydrogens (primary N) is 1. The highest BCUT2D eigenvalue weighted by Gasteiger charge is 2.08. The van der Waals surface area contributed by atoms with Crippen LogP contribution >= 0.6 is 0 Å². The number of hydrogen-bond acceptors (Lipinski definition) is 3. The average Bonchev–Trinajstić information content (AvgIpc) is 2.72. The number of rotatable bonds is 4. The fraction of sp³-hybridized carbons (Fsp3) is 0.0455. The molecule has 0 fully saturated rings. The SMILES string of the molecule is Cc1ccc(/C(N=C(N)c2ccccc2)=N\OC(=N)c2ccccc2)cc1. The van der Waals surface area contributed by atoms with Crippen molar-refractivity contribution >= 4 is 17.6 Å². The van der Waals surface area contributed by atoms with Crippen molar-refractivity contribution in [3.63, 3.8) is 0 Å². The molecule has 3 aromatic carbocycles. The van der Waals surface area contributed by atoms with E-state index >= 15 is 0 Å². The lowest BCUT2D eigenvalue weighted by molar-refractivity contribution is 0.326. The molecule has 3 rings (SSSR count). The number of amidine groups is 2. The second-order valence-electron chi connectivity index (χ2n) is 5.93. The van der Waals surface area contributed by atoms with E-state index < -0.39 is 0 Å². The first-order chi connectivity index (χ1) is 13.1. The van der Waals surface area contributed by atoms with Crippen LogP contribution in [0.25, 0.3) is 0 Å². The van der Waals surface area contributed by atoms with E-state index in [1.54, 1.807) is 12.1 Å². The molecule has 0 aliphatic carbocycles. The van der Waals surface area contributed by atoms with E-state index in [4.69, 9.17) is 16.0 Å². The molecule has 3 aromatic rings. The number of nitrogens with one attached hydrogen (secondary N) is 1. The molecule has 5 heteroatoms.